The lowest BCUT2D eigenvalue weighted by Gasteiger charge is -2.16. The SMILES string of the molecule is C=CC(=O)OC(CCC)OC(=O)Oc1ccc(C(=O)Oc2ccc(OC(=O)c3ccc(OC(=O)OC(CCC)OC(=O)C=C)cc3)c(C)c2)cc1. The number of ether oxygens (including phenoxy) is 8. The molecule has 0 spiro atoms. The largest absolute Gasteiger partial charge is 0.516 e. The Hall–Kier alpha value is -6.44. The summed E-state index contributed by atoms with van der Waals surface area (Å²) in [4.78, 5) is 72.7. The molecule has 0 radical (unpaired) electrons. The van der Waals surface area contributed by atoms with Crippen molar-refractivity contribution >= 4 is 36.2 Å². The number of carbonyl (C=O) groups excluding carboxylic acids is 6. The van der Waals surface area contributed by atoms with E-state index in [9.17, 15) is 28.8 Å². The van der Waals surface area contributed by atoms with Gasteiger partial charge in [0.2, 0.25) is 0 Å². The molecule has 0 aliphatic rings. The number of benzene rings is 3. The predicted octanol–water partition coefficient (Wildman–Crippen LogP) is 7.18. The minimum atomic E-state index is -1.14. The van der Waals surface area contributed by atoms with Crippen molar-refractivity contribution in [2.24, 2.45) is 0 Å². The third kappa shape index (κ3) is 12.8. The molecule has 2 unspecified atom stereocenters. The van der Waals surface area contributed by atoms with Crippen molar-refractivity contribution in [2.75, 3.05) is 0 Å². The van der Waals surface area contributed by atoms with Crippen LogP contribution in [0.15, 0.2) is 92.0 Å². The Morgan fingerprint density at radius 3 is 1.37 bits per heavy atom. The second-order valence-corrected chi connectivity index (χ2v) is 10.4. The van der Waals surface area contributed by atoms with Gasteiger partial charge in [0.15, 0.2) is 0 Å². The van der Waals surface area contributed by atoms with Gasteiger partial charge in [0.1, 0.15) is 23.0 Å². The van der Waals surface area contributed by atoms with Crippen molar-refractivity contribution < 1.29 is 66.7 Å². The third-order valence-corrected chi connectivity index (χ3v) is 6.47. The fourth-order valence-electron chi connectivity index (χ4n) is 4.01. The van der Waals surface area contributed by atoms with E-state index in [0.29, 0.717) is 18.4 Å². The van der Waals surface area contributed by atoms with E-state index < -0.39 is 48.8 Å². The van der Waals surface area contributed by atoms with Gasteiger partial charge in [0.05, 0.1) is 11.1 Å². The Morgan fingerprint density at radius 1 is 0.569 bits per heavy atom. The maximum atomic E-state index is 12.8. The van der Waals surface area contributed by atoms with Gasteiger partial charge in [0, 0.05) is 25.0 Å². The minimum absolute atomic E-state index is 0.0674. The summed E-state index contributed by atoms with van der Waals surface area (Å²) in [5.74, 6) is -2.41. The number of aryl methyl sites for hydroxylation is 1. The molecule has 3 aromatic rings. The quantitative estimate of drug-likeness (QED) is 0.0482. The van der Waals surface area contributed by atoms with Gasteiger partial charge >= 0.3 is 36.2 Å². The Kier molecular flexibility index (Phi) is 14.9. The lowest BCUT2D eigenvalue weighted by Crippen LogP contribution is -2.25. The van der Waals surface area contributed by atoms with Crippen LogP contribution in [0.2, 0.25) is 0 Å². The molecular formula is C37H36O14. The highest BCUT2D eigenvalue weighted by Gasteiger charge is 2.21. The molecule has 0 saturated carbocycles. The molecule has 51 heavy (non-hydrogen) atoms. The average Bonchev–Trinajstić information content (AvgIpc) is 3.10. The molecule has 0 bridgehead atoms. The summed E-state index contributed by atoms with van der Waals surface area (Å²) in [5, 5.41) is 0. The van der Waals surface area contributed by atoms with E-state index >= 15 is 0 Å². The number of hydrogen-bond acceptors (Lipinski definition) is 14. The van der Waals surface area contributed by atoms with Crippen LogP contribution in [0.1, 0.15) is 65.8 Å². The predicted molar refractivity (Wildman–Crippen MR) is 178 cm³/mol. The summed E-state index contributed by atoms with van der Waals surface area (Å²) >= 11 is 0. The fraction of sp³-hybridized carbons (Fsp3) is 0.243. The molecule has 0 aliphatic heterocycles. The molecule has 0 heterocycles. The molecule has 14 heteroatoms. The molecule has 0 aromatic heterocycles. The van der Waals surface area contributed by atoms with Gasteiger partial charge in [-0.2, -0.15) is 0 Å². The first-order valence-corrected chi connectivity index (χ1v) is 15.6. The van der Waals surface area contributed by atoms with Crippen LogP contribution in [0.25, 0.3) is 0 Å². The number of rotatable bonds is 16. The van der Waals surface area contributed by atoms with E-state index in [4.69, 9.17) is 37.9 Å². The molecule has 2 atom stereocenters. The van der Waals surface area contributed by atoms with Crippen LogP contribution in [0.5, 0.6) is 23.0 Å². The number of hydrogen-bond donors (Lipinski definition) is 0. The molecule has 14 nitrogen and oxygen atoms in total. The molecule has 0 fully saturated rings. The van der Waals surface area contributed by atoms with Crippen LogP contribution in [0.4, 0.5) is 9.59 Å². The summed E-state index contributed by atoms with van der Waals surface area (Å²) in [6.07, 6.45) is -0.947. The minimum Gasteiger partial charge on any atom is -0.423 e. The maximum Gasteiger partial charge on any atom is 0.516 e. The average molecular weight is 705 g/mol. The summed E-state index contributed by atoms with van der Waals surface area (Å²) < 4.78 is 41.1. The van der Waals surface area contributed by atoms with Crippen LogP contribution in [0, 0.1) is 6.92 Å². The van der Waals surface area contributed by atoms with E-state index in [2.05, 4.69) is 13.2 Å². The van der Waals surface area contributed by atoms with E-state index in [-0.39, 0.29) is 47.0 Å². The number of carbonyl (C=O) groups is 6. The highest BCUT2D eigenvalue weighted by Crippen LogP contribution is 2.26. The van der Waals surface area contributed by atoms with Gasteiger partial charge in [-0.15, -0.1) is 0 Å². The normalized spacial score (nSPS) is 11.4. The smallest absolute Gasteiger partial charge is 0.423 e. The molecule has 0 N–H and O–H groups in total. The van der Waals surface area contributed by atoms with Gasteiger partial charge < -0.3 is 37.9 Å². The zero-order chi connectivity index (χ0) is 37.3. The van der Waals surface area contributed by atoms with Crippen molar-refractivity contribution in [1.82, 2.24) is 0 Å². The summed E-state index contributed by atoms with van der Waals surface area (Å²) in [6.45, 7) is 11.9. The van der Waals surface area contributed by atoms with Crippen LogP contribution < -0.4 is 18.9 Å². The number of esters is 4. The van der Waals surface area contributed by atoms with Crippen LogP contribution in [-0.2, 0) is 28.5 Å². The topological polar surface area (TPSA) is 176 Å². The first-order chi connectivity index (χ1) is 24.4. The van der Waals surface area contributed by atoms with Crippen molar-refractivity contribution in [3.8, 4) is 23.0 Å². The summed E-state index contributed by atoms with van der Waals surface area (Å²) in [5.41, 5.74) is 0.773. The molecule has 268 valence electrons. The lowest BCUT2D eigenvalue weighted by atomic mass is 10.2. The lowest BCUT2D eigenvalue weighted by molar-refractivity contribution is -0.166. The first kappa shape index (κ1) is 39.0. The first-order valence-electron chi connectivity index (χ1n) is 15.6. The van der Waals surface area contributed by atoms with Gasteiger partial charge in [0.25, 0.3) is 12.6 Å². The Balaban J connectivity index is 1.52. The zero-order valence-electron chi connectivity index (χ0n) is 28.1. The van der Waals surface area contributed by atoms with Crippen molar-refractivity contribution in [3.63, 3.8) is 0 Å². The van der Waals surface area contributed by atoms with Crippen molar-refractivity contribution in [1.29, 1.82) is 0 Å². The molecular weight excluding hydrogens is 668 g/mol. The van der Waals surface area contributed by atoms with E-state index in [0.717, 1.165) is 12.2 Å². The van der Waals surface area contributed by atoms with Gasteiger partial charge in [-0.05, 0) is 92.1 Å². The molecule has 3 aromatic carbocycles. The van der Waals surface area contributed by atoms with Gasteiger partial charge in [-0.25, -0.2) is 28.8 Å². The second-order valence-electron chi connectivity index (χ2n) is 10.4. The van der Waals surface area contributed by atoms with E-state index in [1.807, 2.05) is 13.8 Å². The maximum absolute atomic E-state index is 12.8. The monoisotopic (exact) mass is 704 g/mol. The molecule has 0 aliphatic carbocycles. The third-order valence-electron chi connectivity index (χ3n) is 6.47. The van der Waals surface area contributed by atoms with Crippen LogP contribution in [-0.4, -0.2) is 48.8 Å². The Bertz CT molecular complexity index is 1730. The van der Waals surface area contributed by atoms with Crippen LogP contribution in [0.3, 0.4) is 0 Å². The highest BCUT2D eigenvalue weighted by atomic mass is 16.8. The zero-order valence-corrected chi connectivity index (χ0v) is 28.1. The summed E-state index contributed by atoms with van der Waals surface area (Å²) in [7, 11) is 0. The van der Waals surface area contributed by atoms with E-state index in [1.54, 1.807) is 6.92 Å². The Morgan fingerprint density at radius 2 is 0.980 bits per heavy atom. The second kappa shape index (κ2) is 19.5. The standard InChI is InChI=1S/C37H36O14/c1-6-10-32(48-30(38)8-3)50-36(42)45-26-16-12-24(13-17-26)34(40)44-28-20-21-29(23(5)22-28)47-35(41)25-14-18-27(19-15-25)46-37(43)51-33(11-7-2)49-31(39)9-4/h8-9,12-22,32-33H,3-4,6-7,10-11H2,1-2,5H3. The molecule has 0 amide bonds. The van der Waals surface area contributed by atoms with Crippen LogP contribution >= 0.6 is 0 Å². The fourth-order valence-corrected chi connectivity index (χ4v) is 4.01. The molecule has 0 saturated heterocycles. The van der Waals surface area contributed by atoms with Gasteiger partial charge in [-0.3, -0.25) is 0 Å². The van der Waals surface area contributed by atoms with Crippen molar-refractivity contribution in [3.05, 3.63) is 109 Å². The van der Waals surface area contributed by atoms with Crippen molar-refractivity contribution in [2.45, 2.75) is 59.0 Å². The van der Waals surface area contributed by atoms with E-state index in [1.165, 1.54) is 66.7 Å². The highest BCUT2D eigenvalue weighted by molar-refractivity contribution is 5.92. The molecule has 3 rings (SSSR count). The Labute approximate surface area is 293 Å². The summed E-state index contributed by atoms with van der Waals surface area (Å²) in [6, 6.07) is 15.3. The van der Waals surface area contributed by atoms with Gasteiger partial charge in [-0.1, -0.05) is 27.0 Å².